The van der Waals surface area contributed by atoms with Crippen molar-refractivity contribution in [2.45, 2.75) is 18.6 Å². The topological polar surface area (TPSA) is 88.1 Å². The number of esters is 1. The lowest BCUT2D eigenvalue weighted by Crippen LogP contribution is -2.45. The van der Waals surface area contributed by atoms with E-state index in [1.54, 1.807) is 61.5 Å². The Morgan fingerprint density at radius 3 is 2.56 bits per heavy atom. The second-order valence-corrected chi connectivity index (χ2v) is 8.37. The summed E-state index contributed by atoms with van der Waals surface area (Å²) in [5.41, 5.74) is 1.54. The molecule has 7 nitrogen and oxygen atoms in total. The highest BCUT2D eigenvalue weighted by atomic mass is 35.5. The molecule has 0 bridgehead atoms. The standard InChI is InChI=1S/C23H22ClN3O4S/c1-3-13-27-20(28)14-19(21(29)25-17-11-7-16(24)8-12-17)32-23(27)26-18-9-5-15(6-10-18)22(30)31-4-2/h3,5-12,19H,1,4,13-14H2,2H3,(H,25,29)/t19-/m1/s1. The van der Waals surface area contributed by atoms with Gasteiger partial charge in [-0.1, -0.05) is 29.4 Å². The van der Waals surface area contributed by atoms with E-state index in [0.29, 0.717) is 27.1 Å². The molecule has 1 aliphatic heterocycles. The van der Waals surface area contributed by atoms with Gasteiger partial charge in [0.15, 0.2) is 5.17 Å². The summed E-state index contributed by atoms with van der Waals surface area (Å²) in [6.07, 6.45) is 1.64. The van der Waals surface area contributed by atoms with Crippen LogP contribution in [0.3, 0.4) is 0 Å². The van der Waals surface area contributed by atoms with Crippen LogP contribution < -0.4 is 5.32 Å². The van der Waals surface area contributed by atoms with Gasteiger partial charge in [-0.15, -0.1) is 6.58 Å². The van der Waals surface area contributed by atoms with E-state index in [1.165, 1.54) is 16.7 Å². The maximum atomic E-state index is 12.8. The quantitative estimate of drug-likeness (QED) is 0.468. The molecule has 2 aromatic carbocycles. The number of thioether (sulfide) groups is 1. The molecule has 1 N–H and O–H groups in total. The third kappa shape index (κ3) is 5.99. The van der Waals surface area contributed by atoms with Gasteiger partial charge in [-0.3, -0.25) is 14.5 Å². The third-order valence-electron chi connectivity index (χ3n) is 4.46. The monoisotopic (exact) mass is 471 g/mol. The molecule has 1 heterocycles. The molecule has 0 radical (unpaired) electrons. The van der Waals surface area contributed by atoms with Crippen LogP contribution in [-0.4, -0.2) is 46.3 Å². The van der Waals surface area contributed by atoms with Crippen LogP contribution in [0.5, 0.6) is 0 Å². The second kappa shape index (κ2) is 11.0. The summed E-state index contributed by atoms with van der Waals surface area (Å²) >= 11 is 7.09. The molecule has 0 aliphatic carbocycles. The zero-order valence-electron chi connectivity index (χ0n) is 17.4. The molecule has 1 saturated heterocycles. The molecule has 32 heavy (non-hydrogen) atoms. The van der Waals surface area contributed by atoms with Gasteiger partial charge < -0.3 is 10.1 Å². The van der Waals surface area contributed by atoms with Gasteiger partial charge in [0.25, 0.3) is 0 Å². The van der Waals surface area contributed by atoms with E-state index in [4.69, 9.17) is 16.3 Å². The molecule has 0 saturated carbocycles. The summed E-state index contributed by atoms with van der Waals surface area (Å²) in [6, 6.07) is 13.3. The molecule has 1 atom stereocenters. The Morgan fingerprint density at radius 2 is 1.94 bits per heavy atom. The SMILES string of the molecule is C=CCN1C(=O)C[C@H](C(=O)Nc2ccc(Cl)cc2)SC1=Nc1ccc(C(=O)OCC)cc1. The van der Waals surface area contributed by atoms with E-state index in [1.807, 2.05) is 0 Å². The van der Waals surface area contributed by atoms with Gasteiger partial charge in [-0.25, -0.2) is 9.79 Å². The molecule has 2 amide bonds. The Kier molecular flexibility index (Phi) is 8.08. The maximum absolute atomic E-state index is 12.8. The summed E-state index contributed by atoms with van der Waals surface area (Å²) in [6.45, 7) is 6.00. The fraction of sp³-hybridized carbons (Fsp3) is 0.217. The number of halogens is 1. The first-order valence-corrected chi connectivity index (χ1v) is 11.2. The molecule has 0 aromatic heterocycles. The van der Waals surface area contributed by atoms with Gasteiger partial charge in [0.05, 0.1) is 17.9 Å². The normalized spacial score (nSPS) is 17.2. The third-order valence-corrected chi connectivity index (χ3v) is 5.90. The van der Waals surface area contributed by atoms with Crippen molar-refractivity contribution in [2.24, 2.45) is 4.99 Å². The first-order chi connectivity index (χ1) is 15.4. The van der Waals surface area contributed by atoms with Gasteiger partial charge >= 0.3 is 5.97 Å². The van der Waals surface area contributed by atoms with Crippen molar-refractivity contribution >= 4 is 57.7 Å². The number of amides is 2. The van der Waals surface area contributed by atoms with Crippen molar-refractivity contribution in [3.8, 4) is 0 Å². The highest BCUT2D eigenvalue weighted by Gasteiger charge is 2.35. The number of hydrogen-bond donors (Lipinski definition) is 1. The molecule has 0 spiro atoms. The van der Waals surface area contributed by atoms with E-state index in [2.05, 4.69) is 16.9 Å². The smallest absolute Gasteiger partial charge is 0.338 e. The number of benzene rings is 2. The molecule has 2 aromatic rings. The molecule has 0 unspecified atom stereocenters. The first kappa shape index (κ1) is 23.6. The van der Waals surface area contributed by atoms with E-state index < -0.39 is 11.2 Å². The average molecular weight is 472 g/mol. The number of anilines is 1. The number of amidine groups is 1. The average Bonchev–Trinajstić information content (AvgIpc) is 2.78. The van der Waals surface area contributed by atoms with Crippen LogP contribution in [0.4, 0.5) is 11.4 Å². The lowest BCUT2D eigenvalue weighted by Gasteiger charge is -2.31. The fourth-order valence-corrected chi connectivity index (χ4v) is 4.14. The molecule has 9 heteroatoms. The summed E-state index contributed by atoms with van der Waals surface area (Å²) in [5.74, 6) is -0.933. The van der Waals surface area contributed by atoms with Gasteiger partial charge in [0.1, 0.15) is 5.25 Å². The Morgan fingerprint density at radius 1 is 1.25 bits per heavy atom. The van der Waals surface area contributed by atoms with Crippen molar-refractivity contribution in [1.82, 2.24) is 4.90 Å². The number of carbonyl (C=O) groups is 3. The highest BCUT2D eigenvalue weighted by molar-refractivity contribution is 8.15. The number of rotatable bonds is 7. The highest BCUT2D eigenvalue weighted by Crippen LogP contribution is 2.30. The zero-order valence-corrected chi connectivity index (χ0v) is 19.0. The van der Waals surface area contributed by atoms with Crippen LogP contribution in [0.25, 0.3) is 0 Å². The van der Waals surface area contributed by atoms with E-state index >= 15 is 0 Å². The summed E-state index contributed by atoms with van der Waals surface area (Å²) < 4.78 is 4.98. The van der Waals surface area contributed by atoms with Gasteiger partial charge in [-0.2, -0.15) is 0 Å². The molecular formula is C23H22ClN3O4S. The number of nitrogens with zero attached hydrogens (tertiary/aromatic N) is 2. The first-order valence-electron chi connectivity index (χ1n) is 9.91. The van der Waals surface area contributed by atoms with Gasteiger partial charge in [0.2, 0.25) is 11.8 Å². The van der Waals surface area contributed by atoms with Crippen LogP contribution in [0.15, 0.2) is 66.2 Å². The van der Waals surface area contributed by atoms with Crippen LogP contribution in [0, 0.1) is 0 Å². The Bertz CT molecular complexity index is 1040. The number of carbonyl (C=O) groups excluding carboxylic acids is 3. The zero-order chi connectivity index (χ0) is 23.1. The summed E-state index contributed by atoms with van der Waals surface area (Å²) in [5, 5.41) is 3.12. The molecular weight excluding hydrogens is 450 g/mol. The number of ether oxygens (including phenoxy) is 1. The minimum atomic E-state index is -0.642. The van der Waals surface area contributed by atoms with Crippen LogP contribution in [-0.2, 0) is 14.3 Å². The van der Waals surface area contributed by atoms with E-state index in [0.717, 1.165) is 0 Å². The van der Waals surface area contributed by atoms with E-state index in [-0.39, 0.29) is 31.4 Å². The molecule has 166 valence electrons. The lowest BCUT2D eigenvalue weighted by molar-refractivity contribution is -0.129. The van der Waals surface area contributed by atoms with Crippen LogP contribution in [0.2, 0.25) is 5.02 Å². The largest absolute Gasteiger partial charge is 0.462 e. The Hall–Kier alpha value is -3.10. The molecule has 3 rings (SSSR count). The number of nitrogens with one attached hydrogen (secondary N) is 1. The lowest BCUT2D eigenvalue weighted by atomic mass is 10.2. The number of hydrogen-bond acceptors (Lipinski definition) is 6. The Balaban J connectivity index is 1.80. The summed E-state index contributed by atoms with van der Waals surface area (Å²) in [7, 11) is 0. The predicted octanol–water partition coefficient (Wildman–Crippen LogP) is 4.66. The fourth-order valence-electron chi connectivity index (χ4n) is 2.90. The van der Waals surface area contributed by atoms with Gasteiger partial charge in [0, 0.05) is 23.7 Å². The maximum Gasteiger partial charge on any atom is 0.338 e. The van der Waals surface area contributed by atoms with E-state index in [9.17, 15) is 14.4 Å². The minimum Gasteiger partial charge on any atom is -0.462 e. The molecule has 1 fully saturated rings. The minimum absolute atomic E-state index is 0.0404. The number of aliphatic imine (C=N–C) groups is 1. The second-order valence-electron chi connectivity index (χ2n) is 6.76. The van der Waals surface area contributed by atoms with Crippen LogP contribution in [0.1, 0.15) is 23.7 Å². The van der Waals surface area contributed by atoms with Gasteiger partial charge in [-0.05, 0) is 55.5 Å². The van der Waals surface area contributed by atoms with Crippen LogP contribution >= 0.6 is 23.4 Å². The predicted molar refractivity (Wildman–Crippen MR) is 127 cm³/mol. The van der Waals surface area contributed by atoms with Crippen molar-refractivity contribution < 1.29 is 19.1 Å². The van der Waals surface area contributed by atoms with Crippen molar-refractivity contribution in [3.63, 3.8) is 0 Å². The summed E-state index contributed by atoms with van der Waals surface area (Å²) in [4.78, 5) is 43.4. The van der Waals surface area contributed by atoms with Crippen molar-refractivity contribution in [1.29, 1.82) is 0 Å². The molecule has 1 aliphatic rings. The van der Waals surface area contributed by atoms with Crippen molar-refractivity contribution in [2.75, 3.05) is 18.5 Å². The van der Waals surface area contributed by atoms with Crippen molar-refractivity contribution in [3.05, 3.63) is 71.8 Å². The Labute approximate surface area is 195 Å².